The molecule has 2 aliphatic rings. The van der Waals surface area contributed by atoms with Crippen LogP contribution in [0.25, 0.3) is 0 Å². The van der Waals surface area contributed by atoms with E-state index in [9.17, 15) is 4.79 Å². The lowest BCUT2D eigenvalue weighted by Crippen LogP contribution is -2.36. The second-order valence-electron chi connectivity index (χ2n) is 6.44. The molecule has 2 fully saturated rings. The van der Waals surface area contributed by atoms with E-state index >= 15 is 0 Å². The van der Waals surface area contributed by atoms with E-state index in [2.05, 4.69) is 20.4 Å². The number of hydrogen-bond donors (Lipinski definition) is 1. The van der Waals surface area contributed by atoms with Crippen LogP contribution in [-0.4, -0.2) is 41.0 Å². The van der Waals surface area contributed by atoms with Crippen LogP contribution in [0.4, 0.5) is 5.13 Å². The van der Waals surface area contributed by atoms with Gasteiger partial charge in [0.1, 0.15) is 0 Å². The lowest BCUT2D eigenvalue weighted by molar-refractivity contribution is -0.119. The molecule has 1 aromatic heterocycles. The number of nitrogens with one attached hydrogen (secondary N) is 1. The standard InChI is InChI=1S/C16H26N4OS2/c21-14(17-13-8-4-2-1-3-5-9-13)12-22-16-19-18-15(23-16)20-10-6-7-11-20/h13H,1-12H2,(H,17,21). The molecule has 128 valence electrons. The molecule has 1 aliphatic carbocycles. The third-order valence-corrected chi connectivity index (χ3v) is 6.69. The SMILES string of the molecule is O=C(CSc1nnc(N2CCCC2)s1)NC1CCCCCCC1. The first-order chi connectivity index (χ1) is 11.3. The third-order valence-electron chi connectivity index (χ3n) is 4.57. The Morgan fingerprint density at radius 1 is 1.09 bits per heavy atom. The van der Waals surface area contributed by atoms with Crippen LogP contribution < -0.4 is 10.2 Å². The number of carbonyl (C=O) groups is 1. The van der Waals surface area contributed by atoms with Crippen molar-refractivity contribution in [3.05, 3.63) is 0 Å². The highest BCUT2D eigenvalue weighted by Crippen LogP contribution is 2.29. The van der Waals surface area contributed by atoms with Gasteiger partial charge in [0.25, 0.3) is 0 Å². The minimum absolute atomic E-state index is 0.137. The average Bonchev–Trinajstić information content (AvgIpc) is 3.18. The van der Waals surface area contributed by atoms with Gasteiger partial charge in [0.15, 0.2) is 4.34 Å². The molecule has 1 saturated heterocycles. The van der Waals surface area contributed by atoms with Crippen molar-refractivity contribution in [1.82, 2.24) is 15.5 Å². The van der Waals surface area contributed by atoms with Crippen LogP contribution in [0.1, 0.15) is 57.8 Å². The molecule has 0 unspecified atom stereocenters. The number of anilines is 1. The Balaban J connectivity index is 1.41. The molecule has 1 N–H and O–H groups in total. The molecule has 7 heteroatoms. The Bertz CT molecular complexity index is 494. The Kier molecular flexibility index (Phi) is 6.56. The molecule has 0 spiro atoms. The lowest BCUT2D eigenvalue weighted by atomic mass is 9.97. The first-order valence-electron chi connectivity index (χ1n) is 8.82. The highest BCUT2D eigenvalue weighted by molar-refractivity contribution is 8.01. The zero-order valence-corrected chi connectivity index (χ0v) is 15.3. The van der Waals surface area contributed by atoms with Crippen molar-refractivity contribution in [2.75, 3.05) is 23.7 Å². The van der Waals surface area contributed by atoms with Gasteiger partial charge in [-0.2, -0.15) is 0 Å². The summed E-state index contributed by atoms with van der Waals surface area (Å²) in [6, 6.07) is 0.373. The summed E-state index contributed by atoms with van der Waals surface area (Å²) in [5.74, 6) is 0.587. The molecule has 0 bridgehead atoms. The summed E-state index contributed by atoms with van der Waals surface area (Å²) in [4.78, 5) is 14.4. The van der Waals surface area contributed by atoms with E-state index in [4.69, 9.17) is 0 Å². The predicted octanol–water partition coefficient (Wildman–Crippen LogP) is 3.46. The Morgan fingerprint density at radius 3 is 2.52 bits per heavy atom. The van der Waals surface area contributed by atoms with E-state index in [1.54, 1.807) is 11.3 Å². The average molecular weight is 355 g/mol. The van der Waals surface area contributed by atoms with Crippen LogP contribution in [0.5, 0.6) is 0 Å². The van der Waals surface area contributed by atoms with Crippen molar-refractivity contribution in [2.24, 2.45) is 0 Å². The highest BCUT2D eigenvalue weighted by Gasteiger charge is 2.18. The van der Waals surface area contributed by atoms with Crippen molar-refractivity contribution in [2.45, 2.75) is 68.2 Å². The van der Waals surface area contributed by atoms with E-state index in [0.29, 0.717) is 11.8 Å². The van der Waals surface area contributed by atoms with Gasteiger partial charge in [-0.05, 0) is 25.7 Å². The molecule has 0 atom stereocenters. The second-order valence-corrected chi connectivity index (χ2v) is 8.62. The van der Waals surface area contributed by atoms with Gasteiger partial charge < -0.3 is 10.2 Å². The van der Waals surface area contributed by atoms with Crippen molar-refractivity contribution < 1.29 is 4.79 Å². The first-order valence-corrected chi connectivity index (χ1v) is 10.6. The van der Waals surface area contributed by atoms with Crippen molar-refractivity contribution in [3.8, 4) is 0 Å². The van der Waals surface area contributed by atoms with E-state index in [-0.39, 0.29) is 5.91 Å². The van der Waals surface area contributed by atoms with Gasteiger partial charge in [-0.3, -0.25) is 4.79 Å². The number of aromatic nitrogens is 2. The number of thioether (sulfide) groups is 1. The van der Waals surface area contributed by atoms with Gasteiger partial charge >= 0.3 is 0 Å². The molecule has 1 aromatic rings. The smallest absolute Gasteiger partial charge is 0.230 e. The van der Waals surface area contributed by atoms with E-state index in [0.717, 1.165) is 35.4 Å². The zero-order chi connectivity index (χ0) is 15.9. The van der Waals surface area contributed by atoms with Crippen LogP contribution in [-0.2, 0) is 4.79 Å². The topological polar surface area (TPSA) is 58.1 Å². The minimum Gasteiger partial charge on any atom is -0.353 e. The van der Waals surface area contributed by atoms with Gasteiger partial charge in [-0.1, -0.05) is 55.2 Å². The van der Waals surface area contributed by atoms with E-state index < -0.39 is 0 Å². The molecule has 23 heavy (non-hydrogen) atoms. The summed E-state index contributed by atoms with van der Waals surface area (Å²) in [7, 11) is 0. The van der Waals surface area contributed by atoms with Gasteiger partial charge in [0, 0.05) is 19.1 Å². The van der Waals surface area contributed by atoms with Gasteiger partial charge in [-0.25, -0.2) is 0 Å². The molecule has 1 aliphatic heterocycles. The molecular formula is C16H26N4OS2. The van der Waals surface area contributed by atoms with E-state index in [1.807, 2.05) is 0 Å². The Hall–Kier alpha value is -0.820. The van der Waals surface area contributed by atoms with Crippen LogP contribution in [0.15, 0.2) is 4.34 Å². The molecule has 0 aromatic carbocycles. The summed E-state index contributed by atoms with van der Waals surface area (Å²) in [6.07, 6.45) is 11.2. The first kappa shape index (κ1) is 17.0. The maximum atomic E-state index is 12.2. The maximum Gasteiger partial charge on any atom is 0.230 e. The largest absolute Gasteiger partial charge is 0.353 e. The maximum absolute atomic E-state index is 12.2. The monoisotopic (exact) mass is 354 g/mol. The molecule has 1 saturated carbocycles. The normalized spacial score (nSPS) is 20.3. The van der Waals surface area contributed by atoms with Crippen LogP contribution >= 0.6 is 23.1 Å². The number of carbonyl (C=O) groups excluding carboxylic acids is 1. The Morgan fingerprint density at radius 2 is 1.78 bits per heavy atom. The summed E-state index contributed by atoms with van der Waals surface area (Å²) >= 11 is 3.12. The predicted molar refractivity (Wildman–Crippen MR) is 96.3 cm³/mol. The van der Waals surface area contributed by atoms with Crippen LogP contribution in [0.3, 0.4) is 0 Å². The molecule has 1 amide bonds. The number of amides is 1. The summed E-state index contributed by atoms with van der Waals surface area (Å²) in [6.45, 7) is 2.17. The van der Waals surface area contributed by atoms with Gasteiger partial charge in [-0.15, -0.1) is 10.2 Å². The van der Waals surface area contributed by atoms with Gasteiger partial charge in [0.05, 0.1) is 5.75 Å². The zero-order valence-electron chi connectivity index (χ0n) is 13.6. The number of hydrogen-bond acceptors (Lipinski definition) is 6. The third kappa shape index (κ3) is 5.35. The molecular weight excluding hydrogens is 328 g/mol. The molecule has 0 radical (unpaired) electrons. The number of nitrogens with zero attached hydrogens (tertiary/aromatic N) is 3. The Labute approximate surface area is 146 Å². The van der Waals surface area contributed by atoms with Crippen LogP contribution in [0.2, 0.25) is 0 Å². The van der Waals surface area contributed by atoms with E-state index in [1.165, 1.54) is 56.7 Å². The quantitative estimate of drug-likeness (QED) is 0.821. The molecule has 3 rings (SSSR count). The summed E-state index contributed by atoms with van der Waals surface area (Å²) in [5, 5.41) is 12.7. The van der Waals surface area contributed by atoms with Crippen LogP contribution in [0, 0.1) is 0 Å². The number of rotatable bonds is 5. The highest BCUT2D eigenvalue weighted by atomic mass is 32.2. The molecule has 5 nitrogen and oxygen atoms in total. The second kappa shape index (κ2) is 8.87. The van der Waals surface area contributed by atoms with Crippen molar-refractivity contribution in [3.63, 3.8) is 0 Å². The fourth-order valence-corrected chi connectivity index (χ4v) is 5.00. The fourth-order valence-electron chi connectivity index (χ4n) is 3.29. The van der Waals surface area contributed by atoms with Crippen molar-refractivity contribution in [1.29, 1.82) is 0 Å². The van der Waals surface area contributed by atoms with Gasteiger partial charge in [0.2, 0.25) is 11.0 Å². The molecule has 2 heterocycles. The van der Waals surface area contributed by atoms with Crippen molar-refractivity contribution >= 4 is 34.1 Å². The summed E-state index contributed by atoms with van der Waals surface area (Å²) < 4.78 is 0.903. The minimum atomic E-state index is 0.137. The fraction of sp³-hybridized carbons (Fsp3) is 0.812. The summed E-state index contributed by atoms with van der Waals surface area (Å²) in [5.41, 5.74) is 0. The lowest BCUT2D eigenvalue weighted by Gasteiger charge is -2.20.